The quantitative estimate of drug-likeness (QED) is 0.823. The number of rotatable bonds is 3. The molecular weight excluding hydrogens is 214 g/mol. The van der Waals surface area contributed by atoms with E-state index < -0.39 is 5.97 Å². The average molecular weight is 239 g/mol. The molecule has 1 N–H and O–H groups in total. The number of hydrogen-bond acceptors (Lipinski definition) is 2. The molecule has 1 unspecified atom stereocenters. The Labute approximate surface area is 104 Å². The van der Waals surface area contributed by atoms with Crippen LogP contribution in [0.2, 0.25) is 0 Å². The lowest BCUT2D eigenvalue weighted by Crippen LogP contribution is -2.49. The van der Waals surface area contributed by atoms with Gasteiger partial charge in [0.15, 0.2) is 0 Å². The van der Waals surface area contributed by atoms with Crippen molar-refractivity contribution in [2.45, 2.75) is 57.9 Å². The Kier molecular flexibility index (Phi) is 4.43. The molecule has 0 spiro atoms. The van der Waals surface area contributed by atoms with Crippen molar-refractivity contribution in [2.75, 3.05) is 13.1 Å². The normalized spacial score (nSPS) is 33.2. The molecule has 0 aromatic heterocycles. The number of carboxylic acid groups (broad SMARTS) is 1. The van der Waals surface area contributed by atoms with Gasteiger partial charge in [0.25, 0.3) is 0 Å². The van der Waals surface area contributed by atoms with E-state index in [-0.39, 0.29) is 6.04 Å². The molecule has 2 aliphatic rings. The Morgan fingerprint density at radius 2 is 1.71 bits per heavy atom. The van der Waals surface area contributed by atoms with Crippen molar-refractivity contribution in [3.05, 3.63) is 0 Å². The number of likely N-dealkylation sites (tertiary alicyclic amines) is 1. The molecule has 0 aromatic carbocycles. The Morgan fingerprint density at radius 3 is 2.24 bits per heavy atom. The molecule has 1 saturated heterocycles. The number of aliphatic carboxylic acids is 1. The van der Waals surface area contributed by atoms with Crippen molar-refractivity contribution in [1.82, 2.24) is 4.90 Å². The van der Waals surface area contributed by atoms with E-state index in [0.29, 0.717) is 5.92 Å². The van der Waals surface area contributed by atoms with Crippen molar-refractivity contribution >= 4 is 5.97 Å². The highest BCUT2D eigenvalue weighted by Crippen LogP contribution is 2.33. The molecule has 3 heteroatoms. The summed E-state index contributed by atoms with van der Waals surface area (Å²) in [5.41, 5.74) is 0. The molecule has 0 amide bonds. The lowest BCUT2D eigenvalue weighted by molar-refractivity contribution is -0.146. The van der Waals surface area contributed by atoms with Gasteiger partial charge in [-0.05, 0) is 50.6 Å². The van der Waals surface area contributed by atoms with Crippen LogP contribution in [-0.4, -0.2) is 35.1 Å². The van der Waals surface area contributed by atoms with E-state index in [2.05, 4.69) is 11.8 Å². The van der Waals surface area contributed by atoms with Gasteiger partial charge in [-0.2, -0.15) is 0 Å². The molecule has 0 aromatic rings. The highest BCUT2D eigenvalue weighted by Gasteiger charge is 2.35. The zero-order valence-corrected chi connectivity index (χ0v) is 10.9. The zero-order valence-electron chi connectivity index (χ0n) is 10.9. The van der Waals surface area contributed by atoms with Crippen LogP contribution >= 0.6 is 0 Å². The molecule has 2 rings (SSSR count). The summed E-state index contributed by atoms with van der Waals surface area (Å²) in [5.74, 6) is 0.593. The van der Waals surface area contributed by atoms with Gasteiger partial charge in [-0.15, -0.1) is 0 Å². The molecule has 1 atom stereocenters. The Bertz CT molecular complexity index is 253. The minimum atomic E-state index is -0.591. The minimum Gasteiger partial charge on any atom is -0.480 e. The van der Waals surface area contributed by atoms with Gasteiger partial charge < -0.3 is 5.11 Å². The lowest BCUT2D eigenvalue weighted by atomic mass is 9.78. The predicted octanol–water partition coefficient (Wildman–Crippen LogP) is 2.75. The number of piperidine rings is 1. The van der Waals surface area contributed by atoms with Crippen LogP contribution in [0.3, 0.4) is 0 Å². The zero-order chi connectivity index (χ0) is 12.3. The van der Waals surface area contributed by atoms with Crippen LogP contribution in [0.4, 0.5) is 0 Å². The van der Waals surface area contributed by atoms with Crippen LogP contribution in [0.1, 0.15) is 51.9 Å². The molecule has 1 aliphatic heterocycles. The summed E-state index contributed by atoms with van der Waals surface area (Å²) in [7, 11) is 0. The fraction of sp³-hybridized carbons (Fsp3) is 0.929. The predicted molar refractivity (Wildman–Crippen MR) is 68.0 cm³/mol. The van der Waals surface area contributed by atoms with Gasteiger partial charge in [-0.25, -0.2) is 0 Å². The van der Waals surface area contributed by atoms with Crippen LogP contribution in [0.5, 0.6) is 0 Å². The molecule has 3 nitrogen and oxygen atoms in total. The molecule has 98 valence electrons. The minimum absolute atomic E-state index is 0.206. The maximum Gasteiger partial charge on any atom is 0.321 e. The summed E-state index contributed by atoms with van der Waals surface area (Å²) < 4.78 is 0. The van der Waals surface area contributed by atoms with Gasteiger partial charge in [0, 0.05) is 0 Å². The van der Waals surface area contributed by atoms with Crippen molar-refractivity contribution < 1.29 is 9.90 Å². The first-order chi connectivity index (χ1) is 8.18. The summed E-state index contributed by atoms with van der Waals surface area (Å²) in [6, 6.07) is -0.206. The summed E-state index contributed by atoms with van der Waals surface area (Å²) in [6.45, 7) is 4.26. The SMILES string of the molecule is CC1CCC(C(C(=O)O)N2CCCCC2)CC1. The van der Waals surface area contributed by atoms with E-state index in [0.717, 1.165) is 31.8 Å². The monoisotopic (exact) mass is 239 g/mol. The van der Waals surface area contributed by atoms with Gasteiger partial charge in [-0.3, -0.25) is 9.69 Å². The summed E-state index contributed by atoms with van der Waals surface area (Å²) >= 11 is 0. The summed E-state index contributed by atoms with van der Waals surface area (Å²) in [4.78, 5) is 13.8. The van der Waals surface area contributed by atoms with Crippen LogP contribution < -0.4 is 0 Å². The third-order valence-electron chi connectivity index (χ3n) is 4.54. The van der Waals surface area contributed by atoms with Gasteiger partial charge >= 0.3 is 5.97 Å². The molecular formula is C14H25NO2. The maximum atomic E-state index is 11.5. The molecule has 1 saturated carbocycles. The third-order valence-corrected chi connectivity index (χ3v) is 4.54. The van der Waals surface area contributed by atoms with E-state index in [9.17, 15) is 9.90 Å². The fourth-order valence-corrected chi connectivity index (χ4v) is 3.45. The van der Waals surface area contributed by atoms with E-state index in [1.165, 1.54) is 32.1 Å². The van der Waals surface area contributed by atoms with E-state index in [1.807, 2.05) is 0 Å². The summed E-state index contributed by atoms with van der Waals surface area (Å²) in [6.07, 6.45) is 8.25. The highest BCUT2D eigenvalue weighted by molar-refractivity contribution is 5.74. The molecule has 17 heavy (non-hydrogen) atoms. The molecule has 0 bridgehead atoms. The smallest absolute Gasteiger partial charge is 0.321 e. The van der Waals surface area contributed by atoms with Crippen molar-refractivity contribution in [3.8, 4) is 0 Å². The first-order valence-electron chi connectivity index (χ1n) is 7.15. The number of carbonyl (C=O) groups is 1. The van der Waals surface area contributed by atoms with Crippen LogP contribution in [-0.2, 0) is 4.79 Å². The number of nitrogens with zero attached hydrogens (tertiary/aromatic N) is 1. The molecule has 2 fully saturated rings. The second kappa shape index (κ2) is 5.85. The van der Waals surface area contributed by atoms with E-state index in [4.69, 9.17) is 0 Å². The van der Waals surface area contributed by atoms with Crippen molar-refractivity contribution in [2.24, 2.45) is 11.8 Å². The maximum absolute atomic E-state index is 11.5. The molecule has 1 aliphatic carbocycles. The highest BCUT2D eigenvalue weighted by atomic mass is 16.4. The summed E-state index contributed by atoms with van der Waals surface area (Å²) in [5, 5.41) is 9.50. The lowest BCUT2D eigenvalue weighted by Gasteiger charge is -2.39. The van der Waals surface area contributed by atoms with E-state index in [1.54, 1.807) is 0 Å². The Balaban J connectivity index is 1.98. The average Bonchev–Trinajstić information content (AvgIpc) is 2.33. The Hall–Kier alpha value is -0.570. The van der Waals surface area contributed by atoms with Gasteiger partial charge in [0.1, 0.15) is 6.04 Å². The first-order valence-corrected chi connectivity index (χ1v) is 7.15. The van der Waals surface area contributed by atoms with E-state index >= 15 is 0 Å². The number of hydrogen-bond donors (Lipinski definition) is 1. The van der Waals surface area contributed by atoms with Crippen LogP contribution in [0.25, 0.3) is 0 Å². The first kappa shape index (κ1) is 12.9. The second-order valence-electron chi connectivity index (χ2n) is 5.90. The van der Waals surface area contributed by atoms with Gasteiger partial charge in [-0.1, -0.05) is 26.2 Å². The standard InChI is InChI=1S/C14H25NO2/c1-11-5-7-12(8-6-11)13(14(16)17)15-9-3-2-4-10-15/h11-13H,2-10H2,1H3,(H,16,17). The number of carboxylic acids is 1. The Morgan fingerprint density at radius 1 is 1.12 bits per heavy atom. The van der Waals surface area contributed by atoms with Crippen LogP contribution in [0, 0.1) is 11.8 Å². The third kappa shape index (κ3) is 3.21. The van der Waals surface area contributed by atoms with Gasteiger partial charge in [0.2, 0.25) is 0 Å². The fourth-order valence-electron chi connectivity index (χ4n) is 3.45. The molecule has 0 radical (unpaired) electrons. The molecule has 1 heterocycles. The van der Waals surface area contributed by atoms with Crippen molar-refractivity contribution in [1.29, 1.82) is 0 Å². The van der Waals surface area contributed by atoms with Gasteiger partial charge in [0.05, 0.1) is 0 Å². The topological polar surface area (TPSA) is 40.5 Å². The van der Waals surface area contributed by atoms with Crippen LogP contribution in [0.15, 0.2) is 0 Å². The van der Waals surface area contributed by atoms with Crippen molar-refractivity contribution in [3.63, 3.8) is 0 Å². The largest absolute Gasteiger partial charge is 0.480 e. The second-order valence-corrected chi connectivity index (χ2v) is 5.90.